The van der Waals surface area contributed by atoms with Gasteiger partial charge < -0.3 is 14.9 Å². The van der Waals surface area contributed by atoms with E-state index < -0.39 is 12.2 Å². The molecule has 0 amide bonds. The highest BCUT2D eigenvalue weighted by atomic mass is 16.6. The highest BCUT2D eigenvalue weighted by molar-refractivity contribution is 5.66. The normalized spacial score (nSPS) is 41.4. The van der Waals surface area contributed by atoms with E-state index in [1.807, 2.05) is 13.8 Å². The molecule has 210 valence electrons. The quantitative estimate of drug-likeness (QED) is 0.290. The number of esters is 1. The van der Waals surface area contributed by atoms with Crippen LogP contribution in [0.3, 0.4) is 0 Å². The molecule has 0 aromatic rings. The van der Waals surface area contributed by atoms with Crippen LogP contribution in [0.15, 0.2) is 23.3 Å². The second-order valence-electron chi connectivity index (χ2n) is 14.8. The molecule has 0 saturated heterocycles. The van der Waals surface area contributed by atoms with Crippen LogP contribution in [0.4, 0.5) is 0 Å². The van der Waals surface area contributed by atoms with Crippen molar-refractivity contribution < 1.29 is 19.7 Å². The Bertz CT molecular complexity index is 961. The Hall–Kier alpha value is -1.13. The summed E-state index contributed by atoms with van der Waals surface area (Å²) in [6.07, 6.45) is 7.18. The van der Waals surface area contributed by atoms with Crippen molar-refractivity contribution in [2.45, 2.75) is 132 Å². The third-order valence-electron chi connectivity index (χ3n) is 12.7. The fraction of sp³-hybridized carbons (Fsp3) is 0.848. The predicted octanol–water partition coefficient (Wildman–Crippen LogP) is 7.24. The molecule has 4 rings (SSSR count). The van der Waals surface area contributed by atoms with Gasteiger partial charge in [-0.3, -0.25) is 4.79 Å². The molecule has 4 heteroatoms. The Morgan fingerprint density at radius 3 is 2.22 bits per heavy atom. The zero-order valence-corrected chi connectivity index (χ0v) is 25.1. The number of ether oxygens (including phenoxy) is 1. The van der Waals surface area contributed by atoms with Gasteiger partial charge in [-0.05, 0) is 102 Å². The number of rotatable bonds is 6. The molecule has 0 bridgehead atoms. The number of hydrogen-bond donors (Lipinski definition) is 2. The van der Waals surface area contributed by atoms with Gasteiger partial charge in [0.25, 0.3) is 0 Å². The SMILES string of the molecule is C=C(C(C)C)C(OC(C)=O)C(O)[C@@H](C)[C@H]1CC[C@@]2(C)C3=C(CC[C@]12C)[C@@]1(C)CC[C@H](O)C(C)(C)[C@@H]1CC3. The second kappa shape index (κ2) is 9.51. The van der Waals surface area contributed by atoms with E-state index in [0.29, 0.717) is 11.8 Å². The Morgan fingerprint density at radius 1 is 0.973 bits per heavy atom. The van der Waals surface area contributed by atoms with Crippen molar-refractivity contribution in [2.24, 2.45) is 45.3 Å². The number of carbonyl (C=O) groups is 1. The van der Waals surface area contributed by atoms with Gasteiger partial charge in [0.2, 0.25) is 0 Å². The van der Waals surface area contributed by atoms with E-state index >= 15 is 0 Å². The molecule has 9 atom stereocenters. The summed E-state index contributed by atoms with van der Waals surface area (Å²) in [6.45, 7) is 24.0. The molecule has 2 saturated carbocycles. The van der Waals surface area contributed by atoms with Crippen LogP contribution < -0.4 is 0 Å². The van der Waals surface area contributed by atoms with Crippen LogP contribution in [0.25, 0.3) is 0 Å². The van der Waals surface area contributed by atoms with Crippen LogP contribution in [0, 0.1) is 45.3 Å². The fourth-order valence-corrected chi connectivity index (χ4v) is 9.95. The van der Waals surface area contributed by atoms with Gasteiger partial charge in [-0.1, -0.05) is 73.1 Å². The molecule has 0 aliphatic heterocycles. The van der Waals surface area contributed by atoms with Gasteiger partial charge in [0, 0.05) is 6.92 Å². The molecule has 0 aromatic heterocycles. The second-order valence-corrected chi connectivity index (χ2v) is 14.8. The third-order valence-corrected chi connectivity index (χ3v) is 12.7. The molecule has 4 aliphatic carbocycles. The minimum Gasteiger partial charge on any atom is -0.455 e. The summed E-state index contributed by atoms with van der Waals surface area (Å²) >= 11 is 0. The van der Waals surface area contributed by atoms with Gasteiger partial charge >= 0.3 is 5.97 Å². The largest absolute Gasteiger partial charge is 0.455 e. The summed E-state index contributed by atoms with van der Waals surface area (Å²) in [6, 6.07) is 0. The predicted molar refractivity (Wildman–Crippen MR) is 150 cm³/mol. The van der Waals surface area contributed by atoms with E-state index in [-0.39, 0.29) is 45.6 Å². The standard InChI is InChI=1S/C33H54O4/c1-19(2)20(3)29(37-22(5)34)28(36)21(4)23-13-17-33(10)25-11-12-26-30(6,7)27(35)15-16-31(26,8)24(25)14-18-32(23,33)9/h19,21,23,26-29,35-36H,3,11-18H2,1-2,4-10H3/t21-,23+,26-,27-,28?,29?,31+,32+,33-/m0/s1. The maximum atomic E-state index is 11.9. The average molecular weight is 515 g/mol. The van der Waals surface area contributed by atoms with E-state index in [0.717, 1.165) is 56.9 Å². The van der Waals surface area contributed by atoms with Gasteiger partial charge in [-0.25, -0.2) is 0 Å². The van der Waals surface area contributed by atoms with E-state index in [2.05, 4.69) is 48.1 Å². The van der Waals surface area contributed by atoms with Crippen LogP contribution in [-0.2, 0) is 9.53 Å². The molecule has 0 radical (unpaired) electrons. The van der Waals surface area contributed by atoms with E-state index in [1.54, 1.807) is 11.1 Å². The number of fused-ring (bicyclic) bond motifs is 4. The maximum Gasteiger partial charge on any atom is 0.303 e. The number of hydrogen-bond acceptors (Lipinski definition) is 4. The molecular formula is C33H54O4. The van der Waals surface area contributed by atoms with Crippen molar-refractivity contribution in [3.8, 4) is 0 Å². The van der Waals surface area contributed by atoms with E-state index in [1.165, 1.54) is 6.92 Å². The lowest BCUT2D eigenvalue weighted by Crippen LogP contribution is -2.55. The Balaban J connectivity index is 1.66. The van der Waals surface area contributed by atoms with Crippen molar-refractivity contribution in [1.29, 1.82) is 0 Å². The maximum absolute atomic E-state index is 11.9. The summed E-state index contributed by atoms with van der Waals surface area (Å²) in [5.41, 5.74) is 4.57. The minimum absolute atomic E-state index is 0.00418. The summed E-state index contributed by atoms with van der Waals surface area (Å²) in [7, 11) is 0. The molecule has 0 spiro atoms. The van der Waals surface area contributed by atoms with E-state index in [9.17, 15) is 15.0 Å². The van der Waals surface area contributed by atoms with Crippen molar-refractivity contribution in [2.75, 3.05) is 0 Å². The molecule has 4 aliphatic rings. The van der Waals surface area contributed by atoms with Gasteiger partial charge in [-0.2, -0.15) is 0 Å². The third kappa shape index (κ3) is 4.19. The van der Waals surface area contributed by atoms with Crippen molar-refractivity contribution in [1.82, 2.24) is 0 Å². The van der Waals surface area contributed by atoms with Gasteiger partial charge in [0.1, 0.15) is 6.10 Å². The number of aliphatic hydroxyl groups excluding tert-OH is 2. The lowest BCUT2D eigenvalue weighted by atomic mass is 9.43. The lowest BCUT2D eigenvalue weighted by molar-refractivity contribution is -0.153. The topological polar surface area (TPSA) is 66.8 Å². The first-order valence-electron chi connectivity index (χ1n) is 15.0. The smallest absolute Gasteiger partial charge is 0.303 e. The van der Waals surface area contributed by atoms with Crippen molar-refractivity contribution in [3.05, 3.63) is 23.3 Å². The monoisotopic (exact) mass is 514 g/mol. The first-order chi connectivity index (χ1) is 17.0. The molecule has 37 heavy (non-hydrogen) atoms. The van der Waals surface area contributed by atoms with Gasteiger partial charge in [0.05, 0.1) is 12.2 Å². The zero-order chi connectivity index (χ0) is 27.7. The zero-order valence-electron chi connectivity index (χ0n) is 25.1. The average Bonchev–Trinajstić information content (AvgIpc) is 3.10. The fourth-order valence-electron chi connectivity index (χ4n) is 9.95. The first-order valence-corrected chi connectivity index (χ1v) is 15.0. The number of aliphatic hydroxyl groups is 2. The van der Waals surface area contributed by atoms with Crippen molar-refractivity contribution in [3.63, 3.8) is 0 Å². The summed E-state index contributed by atoms with van der Waals surface area (Å²) in [5.74, 6) is 0.657. The van der Waals surface area contributed by atoms with Crippen LogP contribution in [-0.4, -0.2) is 34.5 Å². The van der Waals surface area contributed by atoms with E-state index in [4.69, 9.17) is 4.74 Å². The Labute approximate surface area is 226 Å². The highest BCUT2D eigenvalue weighted by Crippen LogP contribution is 2.72. The number of allylic oxidation sites excluding steroid dienone is 2. The highest BCUT2D eigenvalue weighted by Gasteiger charge is 2.64. The van der Waals surface area contributed by atoms with Crippen LogP contribution in [0.5, 0.6) is 0 Å². The van der Waals surface area contributed by atoms with Crippen molar-refractivity contribution >= 4 is 5.97 Å². The summed E-state index contributed by atoms with van der Waals surface area (Å²) in [5, 5.41) is 22.5. The molecule has 2 unspecified atom stereocenters. The summed E-state index contributed by atoms with van der Waals surface area (Å²) < 4.78 is 5.68. The number of carbonyl (C=O) groups excluding carboxylic acids is 1. The molecular weight excluding hydrogens is 460 g/mol. The molecule has 2 N–H and O–H groups in total. The lowest BCUT2D eigenvalue weighted by Gasteiger charge is -2.62. The molecule has 4 nitrogen and oxygen atoms in total. The first kappa shape index (κ1) is 28.9. The molecule has 2 fully saturated rings. The Kier molecular flexibility index (Phi) is 7.42. The van der Waals surface area contributed by atoms with Crippen LogP contribution in [0.1, 0.15) is 114 Å². The van der Waals surface area contributed by atoms with Crippen LogP contribution in [0.2, 0.25) is 0 Å². The van der Waals surface area contributed by atoms with Crippen LogP contribution >= 0.6 is 0 Å². The molecule has 0 heterocycles. The minimum atomic E-state index is -0.757. The van der Waals surface area contributed by atoms with Gasteiger partial charge in [0.15, 0.2) is 0 Å². The molecule has 0 aromatic carbocycles. The summed E-state index contributed by atoms with van der Waals surface area (Å²) in [4.78, 5) is 11.9. The van der Waals surface area contributed by atoms with Gasteiger partial charge in [-0.15, -0.1) is 0 Å². The Morgan fingerprint density at radius 2 is 1.62 bits per heavy atom.